The Kier molecular flexibility index (Phi) is 5.06. The highest BCUT2D eigenvalue weighted by Crippen LogP contribution is 2.36. The predicted octanol–water partition coefficient (Wildman–Crippen LogP) is 1.92. The molecule has 9 heteroatoms. The van der Waals surface area contributed by atoms with E-state index in [9.17, 15) is 21.6 Å². The first-order valence-corrected chi connectivity index (χ1v) is 8.74. The quantitative estimate of drug-likeness (QED) is 0.846. The molecule has 124 valence electrons. The molecule has 22 heavy (non-hydrogen) atoms. The summed E-state index contributed by atoms with van der Waals surface area (Å²) < 4.78 is 63.7. The minimum absolute atomic E-state index is 0.00271. The summed E-state index contributed by atoms with van der Waals surface area (Å²) in [5.74, 6) is -5.48. The number of hydrogen-bond donors (Lipinski definition) is 2. The SMILES string of the molecule is NS(=O)(=O)CC[C@@H]1[C@H](Cc2cccc(Cl)c2F)NCC1(F)F. The van der Waals surface area contributed by atoms with Crippen molar-refractivity contribution in [3.05, 3.63) is 34.6 Å². The molecule has 0 bridgehead atoms. The van der Waals surface area contributed by atoms with Crippen LogP contribution in [-0.2, 0) is 16.4 Å². The third-order valence-corrected chi connectivity index (χ3v) is 4.91. The molecule has 1 aromatic rings. The van der Waals surface area contributed by atoms with Crippen molar-refractivity contribution in [1.82, 2.24) is 5.32 Å². The first-order chi connectivity index (χ1) is 10.1. The number of rotatable bonds is 5. The fourth-order valence-electron chi connectivity index (χ4n) is 2.70. The summed E-state index contributed by atoms with van der Waals surface area (Å²) in [4.78, 5) is 0. The maximum atomic E-state index is 13.9. The lowest BCUT2D eigenvalue weighted by Crippen LogP contribution is -2.35. The first kappa shape index (κ1) is 17.5. The Labute approximate surface area is 131 Å². The molecule has 0 spiro atoms. The van der Waals surface area contributed by atoms with E-state index in [4.69, 9.17) is 16.7 Å². The Morgan fingerprint density at radius 1 is 1.41 bits per heavy atom. The lowest BCUT2D eigenvalue weighted by atomic mass is 9.90. The van der Waals surface area contributed by atoms with E-state index in [1.54, 1.807) is 0 Å². The summed E-state index contributed by atoms with van der Waals surface area (Å²) >= 11 is 5.67. The van der Waals surface area contributed by atoms with Gasteiger partial charge in [0, 0.05) is 12.0 Å². The molecule has 0 aromatic heterocycles. The van der Waals surface area contributed by atoms with Gasteiger partial charge in [0.2, 0.25) is 10.0 Å². The Morgan fingerprint density at radius 3 is 2.73 bits per heavy atom. The number of primary sulfonamides is 1. The van der Waals surface area contributed by atoms with E-state index in [1.165, 1.54) is 18.2 Å². The van der Waals surface area contributed by atoms with Crippen molar-refractivity contribution in [1.29, 1.82) is 0 Å². The fraction of sp³-hybridized carbons (Fsp3) is 0.538. The van der Waals surface area contributed by atoms with Gasteiger partial charge in [-0.15, -0.1) is 0 Å². The summed E-state index contributed by atoms with van der Waals surface area (Å²) in [5, 5.41) is 7.43. The van der Waals surface area contributed by atoms with Crippen LogP contribution < -0.4 is 10.5 Å². The Hall–Kier alpha value is -0.830. The van der Waals surface area contributed by atoms with Gasteiger partial charge in [-0.1, -0.05) is 23.7 Å². The molecule has 1 aliphatic heterocycles. The van der Waals surface area contributed by atoms with Crippen molar-refractivity contribution >= 4 is 21.6 Å². The number of nitrogens with two attached hydrogens (primary N) is 1. The molecule has 0 unspecified atom stereocenters. The van der Waals surface area contributed by atoms with E-state index < -0.39 is 46.0 Å². The molecule has 0 aliphatic carbocycles. The summed E-state index contributed by atoms with van der Waals surface area (Å²) in [5.41, 5.74) is 0.211. The van der Waals surface area contributed by atoms with Crippen LogP contribution in [0.3, 0.4) is 0 Å². The average Bonchev–Trinajstić information content (AvgIpc) is 2.67. The van der Waals surface area contributed by atoms with Gasteiger partial charge in [0.15, 0.2) is 0 Å². The Bertz CT molecular complexity index is 655. The molecule has 1 saturated heterocycles. The van der Waals surface area contributed by atoms with E-state index >= 15 is 0 Å². The van der Waals surface area contributed by atoms with Gasteiger partial charge in [-0.2, -0.15) is 0 Å². The molecule has 1 heterocycles. The molecule has 2 rings (SSSR count). The van der Waals surface area contributed by atoms with Crippen LogP contribution in [0.4, 0.5) is 13.2 Å². The van der Waals surface area contributed by atoms with Gasteiger partial charge < -0.3 is 5.32 Å². The molecular weight excluding hydrogens is 341 g/mol. The zero-order chi connectivity index (χ0) is 16.5. The van der Waals surface area contributed by atoms with Crippen molar-refractivity contribution in [2.24, 2.45) is 11.1 Å². The van der Waals surface area contributed by atoms with Gasteiger partial charge >= 0.3 is 0 Å². The third-order valence-electron chi connectivity index (χ3n) is 3.81. The van der Waals surface area contributed by atoms with E-state index in [1.807, 2.05) is 0 Å². The summed E-state index contributed by atoms with van der Waals surface area (Å²) in [7, 11) is -3.83. The number of alkyl halides is 2. The molecule has 1 aromatic carbocycles. The van der Waals surface area contributed by atoms with Crippen molar-refractivity contribution in [2.75, 3.05) is 12.3 Å². The number of nitrogens with one attached hydrogen (secondary N) is 1. The second-order valence-corrected chi connectivity index (χ2v) is 7.57. The lowest BCUT2D eigenvalue weighted by Gasteiger charge is -2.23. The van der Waals surface area contributed by atoms with Crippen LogP contribution in [0.1, 0.15) is 12.0 Å². The monoisotopic (exact) mass is 356 g/mol. The summed E-state index contributed by atoms with van der Waals surface area (Å²) in [6.45, 7) is -0.574. The third kappa shape index (κ3) is 4.13. The molecule has 3 N–H and O–H groups in total. The van der Waals surface area contributed by atoms with Crippen LogP contribution in [0.15, 0.2) is 18.2 Å². The molecule has 1 fully saturated rings. The smallest absolute Gasteiger partial charge is 0.264 e. The normalized spacial score (nSPS) is 24.6. The van der Waals surface area contributed by atoms with Crippen molar-refractivity contribution in [2.45, 2.75) is 24.8 Å². The van der Waals surface area contributed by atoms with Crippen molar-refractivity contribution < 1.29 is 21.6 Å². The van der Waals surface area contributed by atoms with E-state index in [0.29, 0.717) is 0 Å². The number of sulfonamides is 1. The lowest BCUT2D eigenvalue weighted by molar-refractivity contribution is -0.0286. The van der Waals surface area contributed by atoms with Gasteiger partial charge in [0.1, 0.15) is 5.82 Å². The second kappa shape index (κ2) is 6.35. The Morgan fingerprint density at radius 2 is 2.09 bits per heavy atom. The number of hydrogen-bond acceptors (Lipinski definition) is 3. The van der Waals surface area contributed by atoms with Crippen LogP contribution in [0.5, 0.6) is 0 Å². The molecular formula is C13H16ClF3N2O2S. The zero-order valence-electron chi connectivity index (χ0n) is 11.5. The molecule has 1 aliphatic rings. The molecule has 4 nitrogen and oxygen atoms in total. The number of benzene rings is 1. The van der Waals surface area contributed by atoms with Gasteiger partial charge in [0.25, 0.3) is 5.92 Å². The van der Waals surface area contributed by atoms with E-state index in [-0.39, 0.29) is 23.4 Å². The first-order valence-electron chi connectivity index (χ1n) is 6.65. The predicted molar refractivity (Wildman–Crippen MR) is 77.9 cm³/mol. The van der Waals surface area contributed by atoms with Gasteiger partial charge in [-0.05, 0) is 24.5 Å². The molecule has 0 radical (unpaired) electrons. The zero-order valence-corrected chi connectivity index (χ0v) is 13.1. The van der Waals surface area contributed by atoms with E-state index in [2.05, 4.69) is 5.32 Å². The van der Waals surface area contributed by atoms with Crippen LogP contribution in [-0.4, -0.2) is 32.7 Å². The highest BCUT2D eigenvalue weighted by Gasteiger charge is 2.49. The van der Waals surface area contributed by atoms with Crippen molar-refractivity contribution in [3.8, 4) is 0 Å². The Balaban J connectivity index is 2.16. The highest BCUT2D eigenvalue weighted by atomic mass is 35.5. The largest absolute Gasteiger partial charge is 0.308 e. The molecule has 0 saturated carbocycles. The maximum absolute atomic E-state index is 13.9. The van der Waals surface area contributed by atoms with Crippen LogP contribution in [0.2, 0.25) is 5.02 Å². The van der Waals surface area contributed by atoms with Gasteiger partial charge in [-0.25, -0.2) is 26.7 Å². The second-order valence-electron chi connectivity index (χ2n) is 5.43. The van der Waals surface area contributed by atoms with E-state index in [0.717, 1.165) is 0 Å². The molecule has 2 atom stereocenters. The van der Waals surface area contributed by atoms with Crippen LogP contribution in [0.25, 0.3) is 0 Å². The summed E-state index contributed by atoms with van der Waals surface area (Å²) in [6.07, 6.45) is -0.289. The van der Waals surface area contributed by atoms with Crippen LogP contribution >= 0.6 is 11.6 Å². The maximum Gasteiger partial charge on any atom is 0.264 e. The standard InChI is InChI=1S/C13H16ClF3N2O2S/c14-10-3-1-2-8(12(10)15)6-11-9(4-5-22(18,20)21)13(16,17)7-19-11/h1-3,9,11,19H,4-7H2,(H2,18,20,21)/t9-,11+/m1/s1. The highest BCUT2D eigenvalue weighted by molar-refractivity contribution is 7.89. The minimum Gasteiger partial charge on any atom is -0.308 e. The van der Waals surface area contributed by atoms with Gasteiger partial charge in [-0.3, -0.25) is 0 Å². The van der Waals surface area contributed by atoms with Gasteiger partial charge in [0.05, 0.1) is 17.3 Å². The number of halogens is 4. The average molecular weight is 357 g/mol. The fourth-order valence-corrected chi connectivity index (χ4v) is 3.47. The topological polar surface area (TPSA) is 72.2 Å². The van der Waals surface area contributed by atoms with Crippen LogP contribution in [0, 0.1) is 11.7 Å². The minimum atomic E-state index is -3.83. The van der Waals surface area contributed by atoms with Crippen molar-refractivity contribution in [3.63, 3.8) is 0 Å². The molecule has 0 amide bonds. The summed E-state index contributed by atoms with van der Waals surface area (Å²) in [6, 6.07) is 3.63.